The van der Waals surface area contributed by atoms with Gasteiger partial charge in [0.05, 0.1) is 16.4 Å². The zero-order valence-corrected chi connectivity index (χ0v) is 20.6. The third-order valence-electron chi connectivity index (χ3n) is 6.15. The van der Waals surface area contributed by atoms with Gasteiger partial charge in [-0.05, 0) is 48.5 Å². The second-order valence-electron chi connectivity index (χ2n) is 8.71. The van der Waals surface area contributed by atoms with Crippen molar-refractivity contribution in [2.75, 3.05) is 6.54 Å². The summed E-state index contributed by atoms with van der Waals surface area (Å²) in [6.45, 7) is 2.26. The lowest BCUT2D eigenvalue weighted by atomic mass is 10.1. The normalized spacial score (nSPS) is 14.6. The second kappa shape index (κ2) is 9.87. The van der Waals surface area contributed by atoms with Gasteiger partial charge in [-0.25, -0.2) is 0 Å². The third-order valence-corrected chi connectivity index (χ3v) is 7.06. The molecule has 184 valence electrons. The van der Waals surface area contributed by atoms with Gasteiger partial charge in [0.25, 0.3) is 16.8 Å². The molecular formula is C28H21N3O5S. The van der Waals surface area contributed by atoms with Gasteiger partial charge in [-0.2, -0.15) is 0 Å². The van der Waals surface area contributed by atoms with Crippen molar-refractivity contribution in [2.45, 2.75) is 13.5 Å². The molecule has 3 aromatic carbocycles. The number of nitrogens with zero attached hydrogens (tertiary/aromatic N) is 3. The molecule has 37 heavy (non-hydrogen) atoms. The van der Waals surface area contributed by atoms with Crippen LogP contribution in [0.3, 0.4) is 0 Å². The lowest BCUT2D eigenvalue weighted by molar-refractivity contribution is -0.384. The Balaban J connectivity index is 1.39. The zero-order valence-electron chi connectivity index (χ0n) is 19.8. The number of thioether (sulfide) groups is 1. The van der Waals surface area contributed by atoms with Crippen LogP contribution in [-0.2, 0) is 11.3 Å². The summed E-state index contributed by atoms with van der Waals surface area (Å²) in [6.07, 6.45) is 3.65. The minimum absolute atomic E-state index is 0.146. The Bertz CT molecular complexity index is 1590. The summed E-state index contributed by atoms with van der Waals surface area (Å²) >= 11 is 0.791. The van der Waals surface area contributed by atoms with Crippen molar-refractivity contribution in [1.82, 2.24) is 9.47 Å². The van der Waals surface area contributed by atoms with Crippen LogP contribution in [0.15, 0.2) is 83.9 Å². The van der Waals surface area contributed by atoms with E-state index in [2.05, 4.69) is 28.8 Å². The Morgan fingerprint density at radius 3 is 2.41 bits per heavy atom. The van der Waals surface area contributed by atoms with E-state index < -0.39 is 28.4 Å². The lowest BCUT2D eigenvalue weighted by Gasteiger charge is -2.11. The van der Waals surface area contributed by atoms with E-state index >= 15 is 0 Å². The molecule has 0 spiro atoms. The third kappa shape index (κ3) is 4.94. The van der Waals surface area contributed by atoms with E-state index in [1.54, 1.807) is 6.08 Å². The number of nitro groups is 1. The molecule has 0 unspecified atom stereocenters. The molecule has 0 N–H and O–H groups in total. The molecule has 1 saturated heterocycles. The highest BCUT2D eigenvalue weighted by Gasteiger charge is 2.36. The Morgan fingerprint density at radius 1 is 1.00 bits per heavy atom. The average Bonchev–Trinajstić information content (AvgIpc) is 3.37. The van der Waals surface area contributed by atoms with Crippen LogP contribution in [-0.4, -0.2) is 37.9 Å². The molecule has 2 heterocycles. The first-order valence-electron chi connectivity index (χ1n) is 11.5. The number of Topliss-reactive ketones (excluding diaryl/α,β-unsaturated/α-hetero) is 1. The summed E-state index contributed by atoms with van der Waals surface area (Å²) in [5.74, 6) is -1.02. The van der Waals surface area contributed by atoms with E-state index in [4.69, 9.17) is 0 Å². The molecule has 1 aromatic heterocycles. The number of imide groups is 1. The van der Waals surface area contributed by atoms with Crippen LogP contribution < -0.4 is 0 Å². The van der Waals surface area contributed by atoms with Crippen molar-refractivity contribution in [3.63, 3.8) is 0 Å². The molecule has 0 radical (unpaired) electrons. The maximum absolute atomic E-state index is 13.1. The number of hydrogen-bond donors (Lipinski definition) is 0. The van der Waals surface area contributed by atoms with E-state index in [1.807, 2.05) is 37.4 Å². The molecule has 2 amide bonds. The number of benzene rings is 3. The number of para-hydroxylation sites is 1. The number of nitro benzene ring substituents is 1. The summed E-state index contributed by atoms with van der Waals surface area (Å²) < 4.78 is 2.11. The van der Waals surface area contributed by atoms with Gasteiger partial charge in [0, 0.05) is 46.9 Å². The number of rotatable bonds is 7. The summed E-state index contributed by atoms with van der Waals surface area (Å²) in [4.78, 5) is 49.8. The SMILES string of the molecule is Cc1ccc(Cn2cc(/C=C3\SC(=O)N(CC(=O)c4ccc([N+](=O)[O-])cc4)C3=O)c3ccccc32)cc1. The molecule has 1 aliphatic rings. The lowest BCUT2D eigenvalue weighted by Crippen LogP contribution is -2.33. The van der Waals surface area contributed by atoms with Crippen molar-refractivity contribution in [3.8, 4) is 0 Å². The van der Waals surface area contributed by atoms with Gasteiger partial charge in [0.1, 0.15) is 0 Å². The van der Waals surface area contributed by atoms with Gasteiger partial charge in [0.15, 0.2) is 5.78 Å². The van der Waals surface area contributed by atoms with Gasteiger partial charge in [-0.15, -0.1) is 0 Å². The predicted molar refractivity (Wildman–Crippen MR) is 142 cm³/mol. The average molecular weight is 512 g/mol. The summed E-state index contributed by atoms with van der Waals surface area (Å²) in [6, 6.07) is 21.2. The molecule has 0 saturated carbocycles. The number of fused-ring (bicyclic) bond motifs is 1. The molecule has 9 heteroatoms. The van der Waals surface area contributed by atoms with Crippen molar-refractivity contribution < 1.29 is 19.3 Å². The van der Waals surface area contributed by atoms with Crippen LogP contribution in [0.1, 0.15) is 27.0 Å². The topological polar surface area (TPSA) is 103 Å². The Hall–Kier alpha value is -4.50. The van der Waals surface area contributed by atoms with Gasteiger partial charge in [-0.3, -0.25) is 29.4 Å². The summed E-state index contributed by atoms with van der Waals surface area (Å²) in [5, 5.41) is 11.2. The number of hydrogen-bond acceptors (Lipinski definition) is 6. The maximum Gasteiger partial charge on any atom is 0.293 e. The number of aryl methyl sites for hydroxylation is 1. The van der Waals surface area contributed by atoms with Crippen LogP contribution in [0.4, 0.5) is 10.5 Å². The van der Waals surface area contributed by atoms with Crippen LogP contribution in [0, 0.1) is 17.0 Å². The largest absolute Gasteiger partial charge is 0.342 e. The number of carbonyl (C=O) groups is 3. The first kappa shape index (κ1) is 24.2. The molecule has 0 aliphatic carbocycles. The van der Waals surface area contributed by atoms with Crippen molar-refractivity contribution >= 4 is 51.4 Å². The van der Waals surface area contributed by atoms with Gasteiger partial charge < -0.3 is 4.57 Å². The fourth-order valence-electron chi connectivity index (χ4n) is 4.19. The van der Waals surface area contributed by atoms with Gasteiger partial charge >= 0.3 is 0 Å². The van der Waals surface area contributed by atoms with Crippen LogP contribution in [0.2, 0.25) is 0 Å². The van der Waals surface area contributed by atoms with E-state index in [1.165, 1.54) is 29.8 Å². The molecule has 1 aliphatic heterocycles. The number of carbonyl (C=O) groups excluding carboxylic acids is 3. The zero-order chi connectivity index (χ0) is 26.1. The van der Waals surface area contributed by atoms with Gasteiger partial charge in [-0.1, -0.05) is 48.0 Å². The molecular weight excluding hydrogens is 490 g/mol. The van der Waals surface area contributed by atoms with Crippen molar-refractivity contribution in [1.29, 1.82) is 0 Å². The van der Waals surface area contributed by atoms with E-state index in [-0.39, 0.29) is 16.2 Å². The highest BCUT2D eigenvalue weighted by Crippen LogP contribution is 2.34. The highest BCUT2D eigenvalue weighted by molar-refractivity contribution is 8.18. The van der Waals surface area contributed by atoms with Crippen molar-refractivity contribution in [3.05, 3.63) is 116 Å². The summed E-state index contributed by atoms with van der Waals surface area (Å²) in [7, 11) is 0. The number of amides is 2. The number of aromatic nitrogens is 1. The first-order valence-corrected chi connectivity index (χ1v) is 12.3. The standard InChI is InChI=1S/C28H21N3O5S/c1-18-6-8-19(9-7-18)15-29-16-21(23-4-2-3-5-24(23)29)14-26-27(33)30(28(34)37-26)17-25(32)20-10-12-22(13-11-20)31(35)36/h2-14,16H,15,17H2,1H3/b26-14-. The highest BCUT2D eigenvalue weighted by atomic mass is 32.2. The molecule has 4 aromatic rings. The Labute approximate surface area is 216 Å². The van der Waals surface area contributed by atoms with Gasteiger partial charge in [0.2, 0.25) is 0 Å². The monoisotopic (exact) mass is 511 g/mol. The minimum Gasteiger partial charge on any atom is -0.342 e. The van der Waals surface area contributed by atoms with E-state index in [0.29, 0.717) is 6.54 Å². The smallest absolute Gasteiger partial charge is 0.293 e. The summed E-state index contributed by atoms with van der Waals surface area (Å²) in [5.41, 5.74) is 4.17. The van der Waals surface area contributed by atoms with Crippen LogP contribution in [0.5, 0.6) is 0 Å². The predicted octanol–water partition coefficient (Wildman–Crippen LogP) is 5.83. The number of non-ortho nitro benzene ring substituents is 1. The molecule has 8 nitrogen and oxygen atoms in total. The van der Waals surface area contributed by atoms with E-state index in [0.717, 1.165) is 38.7 Å². The minimum atomic E-state index is -0.562. The molecule has 0 atom stereocenters. The Morgan fingerprint density at radius 2 is 1.70 bits per heavy atom. The Kier molecular flexibility index (Phi) is 6.45. The van der Waals surface area contributed by atoms with Crippen LogP contribution >= 0.6 is 11.8 Å². The van der Waals surface area contributed by atoms with Crippen molar-refractivity contribution in [2.24, 2.45) is 0 Å². The first-order chi connectivity index (χ1) is 17.8. The van der Waals surface area contributed by atoms with E-state index in [9.17, 15) is 24.5 Å². The molecule has 5 rings (SSSR count). The molecule has 1 fully saturated rings. The fourth-order valence-corrected chi connectivity index (χ4v) is 5.02. The number of ketones is 1. The quantitative estimate of drug-likeness (QED) is 0.134. The van der Waals surface area contributed by atoms with Crippen LogP contribution in [0.25, 0.3) is 17.0 Å². The second-order valence-corrected chi connectivity index (χ2v) is 9.70. The molecule has 0 bridgehead atoms. The fraction of sp³-hybridized carbons (Fsp3) is 0.107. The maximum atomic E-state index is 13.1.